The van der Waals surface area contributed by atoms with E-state index in [4.69, 9.17) is 4.74 Å². The number of aryl methyl sites for hydroxylation is 1. The Hall–Kier alpha value is -4.09. The Balaban J connectivity index is 0.00000141. The van der Waals surface area contributed by atoms with Crippen LogP contribution in [0.5, 0.6) is 5.75 Å². The fraction of sp³-hybridized carbons (Fsp3) is 0.348. The van der Waals surface area contributed by atoms with Gasteiger partial charge in [0.05, 0.1) is 24.0 Å². The standard InChI is InChI=1S/C21H20F2N8O2.C2H6/c1-31-9-24-18(30-31)11-4-3-5-12(16(11)33-2)25-13-8-14(27-21(32)10-6-7-10)26-19-15(13)28-20(29-19)17(22)23;1-2/h3-5,8-10,17H,6-7H2,1-2H3,(H3,25,26,27,28,29,32);1-2H3. The van der Waals surface area contributed by atoms with E-state index >= 15 is 0 Å². The maximum atomic E-state index is 13.3. The van der Waals surface area contributed by atoms with E-state index in [2.05, 4.69) is 35.7 Å². The number of carbonyl (C=O) groups is 1. The number of hydrogen-bond acceptors (Lipinski definition) is 7. The van der Waals surface area contributed by atoms with Gasteiger partial charge >= 0.3 is 0 Å². The number of alkyl halides is 2. The monoisotopic (exact) mass is 484 g/mol. The molecule has 35 heavy (non-hydrogen) atoms. The number of carbonyl (C=O) groups excluding carboxylic acids is 1. The van der Waals surface area contributed by atoms with Gasteiger partial charge in [-0.25, -0.2) is 23.7 Å². The summed E-state index contributed by atoms with van der Waals surface area (Å²) in [6, 6.07) is 6.95. The third-order valence-corrected chi connectivity index (χ3v) is 5.21. The van der Waals surface area contributed by atoms with Crippen LogP contribution in [0.1, 0.15) is 38.9 Å². The van der Waals surface area contributed by atoms with Gasteiger partial charge in [-0.15, -0.1) is 0 Å². The van der Waals surface area contributed by atoms with Gasteiger partial charge in [0.2, 0.25) is 5.91 Å². The first-order valence-electron chi connectivity index (χ1n) is 11.2. The van der Waals surface area contributed by atoms with Crippen LogP contribution in [0.4, 0.5) is 26.0 Å². The summed E-state index contributed by atoms with van der Waals surface area (Å²) in [5.74, 6) is 0.443. The normalized spacial score (nSPS) is 12.9. The predicted molar refractivity (Wildman–Crippen MR) is 128 cm³/mol. The van der Waals surface area contributed by atoms with E-state index in [1.165, 1.54) is 7.11 Å². The molecule has 3 aromatic heterocycles. The van der Waals surface area contributed by atoms with Crippen molar-refractivity contribution in [2.75, 3.05) is 17.7 Å². The van der Waals surface area contributed by atoms with Gasteiger partial charge in [0.25, 0.3) is 6.43 Å². The molecule has 3 heterocycles. The molecular weight excluding hydrogens is 458 g/mol. The van der Waals surface area contributed by atoms with E-state index in [1.54, 1.807) is 36.3 Å². The van der Waals surface area contributed by atoms with Crippen molar-refractivity contribution in [3.05, 3.63) is 36.4 Å². The Morgan fingerprint density at radius 2 is 2.00 bits per heavy atom. The number of nitrogens with one attached hydrogen (secondary N) is 3. The molecule has 12 heteroatoms. The van der Waals surface area contributed by atoms with Crippen LogP contribution in [0.15, 0.2) is 30.6 Å². The smallest absolute Gasteiger partial charge is 0.295 e. The van der Waals surface area contributed by atoms with Gasteiger partial charge in [0, 0.05) is 19.0 Å². The Bertz CT molecular complexity index is 1350. The number of hydrogen-bond donors (Lipinski definition) is 3. The first-order chi connectivity index (χ1) is 16.9. The summed E-state index contributed by atoms with van der Waals surface area (Å²) < 4.78 is 33.8. The van der Waals surface area contributed by atoms with Gasteiger partial charge in [-0.05, 0) is 25.0 Å². The molecule has 0 unspecified atom stereocenters. The number of rotatable bonds is 7. The molecule has 1 aromatic carbocycles. The molecule has 0 atom stereocenters. The zero-order chi connectivity index (χ0) is 25.1. The highest BCUT2D eigenvalue weighted by atomic mass is 19.3. The third-order valence-electron chi connectivity index (χ3n) is 5.21. The first kappa shape index (κ1) is 24.0. The van der Waals surface area contributed by atoms with Crippen LogP contribution >= 0.6 is 0 Å². The molecule has 0 spiro atoms. The van der Waals surface area contributed by atoms with Crippen molar-refractivity contribution in [1.29, 1.82) is 0 Å². The fourth-order valence-electron chi connectivity index (χ4n) is 3.48. The van der Waals surface area contributed by atoms with Gasteiger partial charge in [-0.3, -0.25) is 9.48 Å². The third kappa shape index (κ3) is 5.05. The van der Waals surface area contributed by atoms with Crippen LogP contribution in [-0.2, 0) is 11.8 Å². The average molecular weight is 485 g/mol. The quantitative estimate of drug-likeness (QED) is 0.344. The van der Waals surface area contributed by atoms with Gasteiger partial charge in [0.15, 0.2) is 23.0 Å². The second kappa shape index (κ2) is 10.0. The molecule has 1 amide bonds. The number of anilines is 3. The minimum absolute atomic E-state index is 0.0441. The number of aromatic amines is 1. The zero-order valence-electron chi connectivity index (χ0n) is 19.8. The van der Waals surface area contributed by atoms with Gasteiger partial charge in [0.1, 0.15) is 17.7 Å². The number of halogens is 2. The summed E-state index contributed by atoms with van der Waals surface area (Å²) in [6.07, 6.45) is 0.419. The lowest BCUT2D eigenvalue weighted by atomic mass is 10.1. The van der Waals surface area contributed by atoms with Crippen LogP contribution in [0.2, 0.25) is 0 Å². The van der Waals surface area contributed by atoms with E-state index in [-0.39, 0.29) is 28.8 Å². The molecule has 10 nitrogen and oxygen atoms in total. The van der Waals surface area contributed by atoms with E-state index < -0.39 is 12.2 Å². The molecule has 1 aliphatic carbocycles. The number of aromatic nitrogens is 6. The molecule has 0 radical (unpaired) electrons. The molecule has 5 rings (SSSR count). The highest BCUT2D eigenvalue weighted by molar-refractivity contribution is 5.97. The molecule has 184 valence electrons. The Morgan fingerprint density at radius 1 is 1.23 bits per heavy atom. The van der Waals surface area contributed by atoms with Crippen molar-refractivity contribution >= 4 is 34.3 Å². The van der Waals surface area contributed by atoms with E-state index in [9.17, 15) is 13.6 Å². The number of nitrogens with zero attached hydrogens (tertiary/aromatic N) is 5. The lowest BCUT2D eigenvalue weighted by molar-refractivity contribution is -0.117. The number of amides is 1. The Labute approximate surface area is 200 Å². The Morgan fingerprint density at radius 3 is 2.63 bits per heavy atom. The van der Waals surface area contributed by atoms with Crippen LogP contribution in [0, 0.1) is 5.92 Å². The van der Waals surface area contributed by atoms with E-state index in [1.807, 2.05) is 19.9 Å². The second-order valence-electron chi connectivity index (χ2n) is 7.69. The number of para-hydroxylation sites is 1. The number of fused-ring (bicyclic) bond motifs is 1. The summed E-state index contributed by atoms with van der Waals surface area (Å²) >= 11 is 0. The van der Waals surface area contributed by atoms with E-state index in [0.717, 1.165) is 12.8 Å². The largest absolute Gasteiger partial charge is 0.494 e. The molecule has 1 aliphatic rings. The average Bonchev–Trinajstić information content (AvgIpc) is 3.47. The predicted octanol–water partition coefficient (Wildman–Crippen LogP) is 4.82. The molecule has 0 bridgehead atoms. The molecule has 0 saturated heterocycles. The Kier molecular flexibility index (Phi) is 6.90. The lowest BCUT2D eigenvalue weighted by Crippen LogP contribution is -2.14. The zero-order valence-corrected chi connectivity index (χ0v) is 19.8. The van der Waals surface area contributed by atoms with Gasteiger partial charge in [-0.1, -0.05) is 19.9 Å². The minimum Gasteiger partial charge on any atom is -0.494 e. The van der Waals surface area contributed by atoms with E-state index in [0.29, 0.717) is 28.5 Å². The topological polar surface area (TPSA) is 123 Å². The second-order valence-corrected chi connectivity index (χ2v) is 7.69. The maximum absolute atomic E-state index is 13.3. The minimum atomic E-state index is -2.80. The molecule has 1 fully saturated rings. The van der Waals surface area contributed by atoms with Crippen LogP contribution in [0.25, 0.3) is 22.6 Å². The fourth-order valence-corrected chi connectivity index (χ4v) is 3.48. The summed E-state index contributed by atoms with van der Waals surface area (Å²) in [6.45, 7) is 4.00. The summed E-state index contributed by atoms with van der Waals surface area (Å²) in [5, 5.41) is 10.3. The van der Waals surface area contributed by atoms with Gasteiger partial charge < -0.3 is 20.4 Å². The van der Waals surface area contributed by atoms with Crippen molar-refractivity contribution in [3.63, 3.8) is 0 Å². The summed E-state index contributed by atoms with van der Waals surface area (Å²) in [4.78, 5) is 27.3. The number of benzene rings is 1. The van der Waals surface area contributed by atoms with Gasteiger partial charge in [-0.2, -0.15) is 5.10 Å². The van der Waals surface area contributed by atoms with Crippen LogP contribution in [-0.4, -0.2) is 42.7 Å². The molecule has 4 aromatic rings. The van der Waals surface area contributed by atoms with Crippen molar-refractivity contribution in [1.82, 2.24) is 29.7 Å². The van der Waals surface area contributed by atoms with Crippen molar-refractivity contribution < 1.29 is 18.3 Å². The van der Waals surface area contributed by atoms with Crippen molar-refractivity contribution in [2.45, 2.75) is 33.1 Å². The molecular formula is C23H26F2N8O2. The number of imidazole rings is 1. The van der Waals surface area contributed by atoms with Crippen LogP contribution < -0.4 is 15.4 Å². The van der Waals surface area contributed by atoms with Crippen LogP contribution in [0.3, 0.4) is 0 Å². The highest BCUT2D eigenvalue weighted by Crippen LogP contribution is 2.38. The summed E-state index contributed by atoms with van der Waals surface area (Å²) in [5.41, 5.74) is 1.92. The first-order valence-corrected chi connectivity index (χ1v) is 11.2. The highest BCUT2D eigenvalue weighted by Gasteiger charge is 2.30. The molecule has 3 N–H and O–H groups in total. The maximum Gasteiger partial charge on any atom is 0.295 e. The lowest BCUT2D eigenvalue weighted by Gasteiger charge is -2.15. The summed E-state index contributed by atoms with van der Waals surface area (Å²) in [7, 11) is 3.27. The molecule has 1 saturated carbocycles. The number of pyridine rings is 1. The number of methoxy groups -OCH3 is 1. The van der Waals surface area contributed by atoms with Crippen molar-refractivity contribution in [3.8, 4) is 17.1 Å². The van der Waals surface area contributed by atoms with Crippen molar-refractivity contribution in [2.24, 2.45) is 13.0 Å². The number of H-pyrrole nitrogens is 1. The molecule has 0 aliphatic heterocycles. The SMILES string of the molecule is CC.COc1c(Nc2cc(NC(=O)C3CC3)nc3nc(C(F)F)[nH]c23)cccc1-c1ncn(C)n1. The number of ether oxygens (including phenoxy) is 1.